The van der Waals surface area contributed by atoms with Gasteiger partial charge >= 0.3 is 0 Å². The SMILES string of the molecule is CC#CCCOc1c(Br)cc(CC(N)CC)cc1OC. The van der Waals surface area contributed by atoms with Gasteiger partial charge in [-0.2, -0.15) is 0 Å². The zero-order valence-electron chi connectivity index (χ0n) is 12.3. The summed E-state index contributed by atoms with van der Waals surface area (Å²) in [6.45, 7) is 4.45. The van der Waals surface area contributed by atoms with Gasteiger partial charge in [0.25, 0.3) is 0 Å². The van der Waals surface area contributed by atoms with Gasteiger partial charge < -0.3 is 15.2 Å². The minimum Gasteiger partial charge on any atom is -0.493 e. The summed E-state index contributed by atoms with van der Waals surface area (Å²) in [5.41, 5.74) is 7.14. The number of hydrogen-bond donors (Lipinski definition) is 1. The molecule has 0 saturated heterocycles. The molecule has 2 N–H and O–H groups in total. The summed E-state index contributed by atoms with van der Waals surface area (Å²) in [6.07, 6.45) is 2.48. The summed E-state index contributed by atoms with van der Waals surface area (Å²) < 4.78 is 12.0. The molecule has 1 atom stereocenters. The maximum Gasteiger partial charge on any atom is 0.175 e. The molecule has 0 aliphatic carbocycles. The van der Waals surface area contributed by atoms with E-state index < -0.39 is 0 Å². The van der Waals surface area contributed by atoms with E-state index in [4.69, 9.17) is 15.2 Å². The molecule has 1 unspecified atom stereocenters. The first kappa shape index (κ1) is 16.9. The van der Waals surface area contributed by atoms with Gasteiger partial charge in [-0.1, -0.05) is 6.92 Å². The lowest BCUT2D eigenvalue weighted by atomic mass is 10.0. The van der Waals surface area contributed by atoms with E-state index in [1.165, 1.54) is 0 Å². The number of ether oxygens (including phenoxy) is 2. The standard InChI is InChI=1S/C16H22BrNO2/c1-4-6-7-8-20-16-14(17)10-12(9-13(18)5-2)11-15(16)19-3/h10-11,13H,5,7-9,18H2,1-3H3. The maximum absolute atomic E-state index is 6.00. The molecule has 0 aromatic heterocycles. The van der Waals surface area contributed by atoms with E-state index in [0.29, 0.717) is 13.0 Å². The molecule has 1 aromatic carbocycles. The van der Waals surface area contributed by atoms with Crippen LogP contribution >= 0.6 is 15.9 Å². The van der Waals surface area contributed by atoms with Crippen LogP contribution in [0, 0.1) is 11.8 Å². The molecule has 0 heterocycles. The lowest BCUT2D eigenvalue weighted by Crippen LogP contribution is -2.21. The summed E-state index contributed by atoms with van der Waals surface area (Å²) >= 11 is 3.54. The van der Waals surface area contributed by atoms with Gasteiger partial charge in [0.2, 0.25) is 0 Å². The average Bonchev–Trinajstić information content (AvgIpc) is 2.44. The first-order chi connectivity index (χ1) is 9.62. The van der Waals surface area contributed by atoms with Crippen LogP contribution in [0.25, 0.3) is 0 Å². The second kappa shape index (κ2) is 8.89. The van der Waals surface area contributed by atoms with Crippen molar-refractivity contribution in [3.63, 3.8) is 0 Å². The molecule has 20 heavy (non-hydrogen) atoms. The fraction of sp³-hybridized carbons (Fsp3) is 0.500. The molecule has 0 saturated carbocycles. The normalized spacial score (nSPS) is 11.4. The van der Waals surface area contributed by atoms with Gasteiger partial charge in [-0.15, -0.1) is 11.8 Å². The van der Waals surface area contributed by atoms with Crippen molar-refractivity contribution in [1.82, 2.24) is 0 Å². The Morgan fingerprint density at radius 2 is 2.15 bits per heavy atom. The number of rotatable bonds is 7. The molecule has 0 fully saturated rings. The van der Waals surface area contributed by atoms with Gasteiger partial charge in [0, 0.05) is 12.5 Å². The van der Waals surface area contributed by atoms with E-state index in [-0.39, 0.29) is 6.04 Å². The highest BCUT2D eigenvalue weighted by Crippen LogP contribution is 2.37. The molecule has 110 valence electrons. The number of hydrogen-bond acceptors (Lipinski definition) is 3. The minimum atomic E-state index is 0.165. The summed E-state index contributed by atoms with van der Waals surface area (Å²) in [5, 5.41) is 0. The largest absolute Gasteiger partial charge is 0.493 e. The second-order valence-corrected chi connectivity index (χ2v) is 5.36. The monoisotopic (exact) mass is 339 g/mol. The molecule has 1 rings (SSSR count). The third kappa shape index (κ3) is 5.07. The van der Waals surface area contributed by atoms with Crippen molar-refractivity contribution in [3.8, 4) is 23.3 Å². The van der Waals surface area contributed by atoms with E-state index in [1.54, 1.807) is 7.11 Å². The van der Waals surface area contributed by atoms with Crippen LogP contribution in [-0.4, -0.2) is 19.8 Å². The Bertz CT molecular complexity index is 491. The van der Waals surface area contributed by atoms with Crippen LogP contribution in [-0.2, 0) is 6.42 Å². The molecule has 0 amide bonds. The van der Waals surface area contributed by atoms with Crippen molar-refractivity contribution in [2.45, 2.75) is 39.2 Å². The van der Waals surface area contributed by atoms with Crippen LogP contribution in [0.2, 0.25) is 0 Å². The zero-order chi connectivity index (χ0) is 15.0. The summed E-state index contributed by atoms with van der Waals surface area (Å²) in [4.78, 5) is 0. The third-order valence-electron chi connectivity index (χ3n) is 2.96. The average molecular weight is 340 g/mol. The van der Waals surface area contributed by atoms with Crippen molar-refractivity contribution >= 4 is 15.9 Å². The summed E-state index contributed by atoms with van der Waals surface area (Å²) in [5.74, 6) is 7.27. The number of halogens is 1. The molecule has 1 aromatic rings. The Morgan fingerprint density at radius 1 is 1.40 bits per heavy atom. The van der Waals surface area contributed by atoms with Crippen LogP contribution in [0.1, 0.15) is 32.3 Å². The molecular weight excluding hydrogens is 318 g/mol. The quantitative estimate of drug-likeness (QED) is 0.610. The van der Waals surface area contributed by atoms with Crippen molar-refractivity contribution in [3.05, 3.63) is 22.2 Å². The lowest BCUT2D eigenvalue weighted by molar-refractivity contribution is 0.299. The van der Waals surface area contributed by atoms with Gasteiger partial charge in [-0.3, -0.25) is 0 Å². The Morgan fingerprint density at radius 3 is 2.75 bits per heavy atom. The molecule has 0 radical (unpaired) electrons. The van der Waals surface area contributed by atoms with Gasteiger partial charge in [0.1, 0.15) is 0 Å². The van der Waals surface area contributed by atoms with Crippen LogP contribution < -0.4 is 15.2 Å². The van der Waals surface area contributed by atoms with Crippen molar-refractivity contribution in [1.29, 1.82) is 0 Å². The zero-order valence-corrected chi connectivity index (χ0v) is 13.9. The first-order valence-corrected chi connectivity index (χ1v) is 7.56. The molecular formula is C16H22BrNO2. The highest BCUT2D eigenvalue weighted by atomic mass is 79.9. The molecule has 0 bridgehead atoms. The number of nitrogens with two attached hydrogens (primary N) is 1. The molecule has 0 aliphatic heterocycles. The molecule has 4 heteroatoms. The van der Waals surface area contributed by atoms with Crippen LogP contribution in [0.4, 0.5) is 0 Å². The Kier molecular flexibility index (Phi) is 7.50. The minimum absolute atomic E-state index is 0.165. The van der Waals surface area contributed by atoms with Gasteiger partial charge in [-0.25, -0.2) is 0 Å². The smallest absolute Gasteiger partial charge is 0.175 e. The molecule has 0 spiro atoms. The summed E-state index contributed by atoms with van der Waals surface area (Å²) in [7, 11) is 1.64. The predicted octanol–water partition coefficient (Wildman–Crippen LogP) is 3.53. The van der Waals surface area contributed by atoms with E-state index in [0.717, 1.165) is 34.4 Å². The Hall–Kier alpha value is -1.18. The van der Waals surface area contributed by atoms with Gasteiger partial charge in [-0.05, 0) is 53.4 Å². The highest BCUT2D eigenvalue weighted by Gasteiger charge is 2.13. The molecule has 3 nitrogen and oxygen atoms in total. The van der Waals surface area contributed by atoms with E-state index >= 15 is 0 Å². The van der Waals surface area contributed by atoms with Crippen LogP contribution in [0.15, 0.2) is 16.6 Å². The topological polar surface area (TPSA) is 44.5 Å². The van der Waals surface area contributed by atoms with Crippen molar-refractivity contribution in [2.75, 3.05) is 13.7 Å². The van der Waals surface area contributed by atoms with Crippen molar-refractivity contribution in [2.24, 2.45) is 5.73 Å². The lowest BCUT2D eigenvalue weighted by Gasteiger charge is -2.15. The van der Waals surface area contributed by atoms with E-state index in [2.05, 4.69) is 34.7 Å². The second-order valence-electron chi connectivity index (χ2n) is 4.51. The Balaban J connectivity index is 2.86. The fourth-order valence-corrected chi connectivity index (χ4v) is 2.41. The third-order valence-corrected chi connectivity index (χ3v) is 3.55. The number of benzene rings is 1. The van der Waals surface area contributed by atoms with Crippen molar-refractivity contribution < 1.29 is 9.47 Å². The van der Waals surface area contributed by atoms with E-state index in [1.807, 2.05) is 19.1 Å². The predicted molar refractivity (Wildman–Crippen MR) is 86.2 cm³/mol. The first-order valence-electron chi connectivity index (χ1n) is 6.76. The maximum atomic E-state index is 6.00. The summed E-state index contributed by atoms with van der Waals surface area (Å²) in [6, 6.07) is 4.19. The number of methoxy groups -OCH3 is 1. The van der Waals surface area contributed by atoms with Gasteiger partial charge in [0.05, 0.1) is 18.2 Å². The van der Waals surface area contributed by atoms with Gasteiger partial charge in [0.15, 0.2) is 11.5 Å². The highest BCUT2D eigenvalue weighted by molar-refractivity contribution is 9.10. The fourth-order valence-electron chi connectivity index (χ4n) is 1.81. The Labute approximate surface area is 130 Å². The van der Waals surface area contributed by atoms with Crippen LogP contribution in [0.3, 0.4) is 0 Å². The molecule has 0 aliphatic rings. The van der Waals surface area contributed by atoms with Crippen LogP contribution in [0.5, 0.6) is 11.5 Å². The van der Waals surface area contributed by atoms with E-state index in [9.17, 15) is 0 Å².